The van der Waals surface area contributed by atoms with Gasteiger partial charge in [0.25, 0.3) is 0 Å². The first-order valence-corrected chi connectivity index (χ1v) is 28.5. The first-order chi connectivity index (χ1) is 32.0. The smallest absolute Gasteiger partial charge is 0.306 e. The molecule has 0 spiro atoms. The molecule has 0 aliphatic heterocycles. The van der Waals surface area contributed by atoms with Gasteiger partial charge in [-0.25, -0.2) is 0 Å². The van der Waals surface area contributed by atoms with Crippen LogP contribution in [-0.2, 0) is 28.6 Å². The molecule has 1 atom stereocenters. The zero-order valence-electron chi connectivity index (χ0n) is 43.5. The van der Waals surface area contributed by atoms with Crippen molar-refractivity contribution in [2.75, 3.05) is 13.2 Å². The van der Waals surface area contributed by atoms with Gasteiger partial charge in [-0.1, -0.05) is 263 Å². The fourth-order valence-corrected chi connectivity index (χ4v) is 8.33. The van der Waals surface area contributed by atoms with Crippen molar-refractivity contribution >= 4 is 17.9 Å². The van der Waals surface area contributed by atoms with Gasteiger partial charge in [0.1, 0.15) is 13.2 Å². The molecular formula is C59H108O6. The fourth-order valence-electron chi connectivity index (χ4n) is 8.33. The van der Waals surface area contributed by atoms with E-state index in [1.54, 1.807) is 0 Å². The minimum absolute atomic E-state index is 0.0700. The first kappa shape index (κ1) is 62.6. The van der Waals surface area contributed by atoms with E-state index >= 15 is 0 Å². The van der Waals surface area contributed by atoms with Crippen molar-refractivity contribution < 1.29 is 28.6 Å². The van der Waals surface area contributed by atoms with Crippen molar-refractivity contribution in [3.8, 4) is 0 Å². The van der Waals surface area contributed by atoms with E-state index in [9.17, 15) is 14.4 Å². The molecule has 0 rings (SSSR count). The minimum atomic E-state index is -0.769. The van der Waals surface area contributed by atoms with Gasteiger partial charge in [0, 0.05) is 19.3 Å². The minimum Gasteiger partial charge on any atom is -0.462 e. The quantitative estimate of drug-likeness (QED) is 0.0262. The third-order valence-electron chi connectivity index (χ3n) is 12.6. The van der Waals surface area contributed by atoms with Gasteiger partial charge in [0.15, 0.2) is 6.10 Å². The SMILES string of the molecule is CCCCCCC/C=C\C/C=C\C/C=C\CCCCCCCCCCC(=O)OCC(COC(=O)CCCCCCCCCCCC)OC(=O)CCCCCCCCCCCCCCCC. The molecule has 0 aromatic heterocycles. The van der Waals surface area contributed by atoms with Crippen LogP contribution >= 0.6 is 0 Å². The zero-order valence-corrected chi connectivity index (χ0v) is 43.5. The highest BCUT2D eigenvalue weighted by Crippen LogP contribution is 2.16. The molecule has 0 bridgehead atoms. The Kier molecular flexibility index (Phi) is 52.3. The van der Waals surface area contributed by atoms with Gasteiger partial charge in [-0.15, -0.1) is 0 Å². The molecule has 6 heteroatoms. The van der Waals surface area contributed by atoms with E-state index in [2.05, 4.69) is 57.2 Å². The van der Waals surface area contributed by atoms with Crippen LogP contribution in [0, 0.1) is 0 Å². The number of rotatable bonds is 52. The number of ether oxygens (including phenoxy) is 3. The molecule has 0 heterocycles. The lowest BCUT2D eigenvalue weighted by molar-refractivity contribution is -0.167. The van der Waals surface area contributed by atoms with Gasteiger partial charge < -0.3 is 14.2 Å². The second-order valence-electron chi connectivity index (χ2n) is 19.2. The highest BCUT2D eigenvalue weighted by Gasteiger charge is 2.19. The van der Waals surface area contributed by atoms with Crippen LogP contribution in [0.25, 0.3) is 0 Å². The van der Waals surface area contributed by atoms with E-state index < -0.39 is 6.10 Å². The summed E-state index contributed by atoms with van der Waals surface area (Å²) >= 11 is 0. The molecule has 6 nitrogen and oxygen atoms in total. The first-order valence-electron chi connectivity index (χ1n) is 28.5. The maximum absolute atomic E-state index is 12.8. The van der Waals surface area contributed by atoms with Crippen molar-refractivity contribution in [2.24, 2.45) is 0 Å². The molecule has 65 heavy (non-hydrogen) atoms. The lowest BCUT2D eigenvalue weighted by Gasteiger charge is -2.18. The number of unbranched alkanes of at least 4 members (excludes halogenated alkanes) is 35. The Morgan fingerprint density at radius 3 is 0.862 bits per heavy atom. The molecule has 380 valence electrons. The molecule has 0 aromatic carbocycles. The monoisotopic (exact) mass is 913 g/mol. The molecule has 0 aliphatic rings. The van der Waals surface area contributed by atoms with Crippen molar-refractivity contribution in [3.05, 3.63) is 36.5 Å². The summed E-state index contributed by atoms with van der Waals surface area (Å²) in [6, 6.07) is 0. The Morgan fingerprint density at radius 2 is 0.554 bits per heavy atom. The molecule has 0 N–H and O–H groups in total. The Morgan fingerprint density at radius 1 is 0.308 bits per heavy atom. The molecule has 0 aromatic rings. The standard InChI is InChI=1S/C59H108O6/c1-4-7-10-13-16-19-22-24-26-27-28-29-30-31-32-33-34-36-37-40-43-46-49-52-58(61)64-55-56(54-63-57(60)51-48-45-42-39-21-18-15-12-9-6-3)65-59(62)53-50-47-44-41-38-35-25-23-20-17-14-11-8-5-2/h22,24,27-28,30-31,56H,4-21,23,25-26,29,32-55H2,1-3H3/b24-22-,28-27-,31-30-. The van der Waals surface area contributed by atoms with E-state index in [0.29, 0.717) is 19.3 Å². The number of carbonyl (C=O) groups excluding carboxylic acids is 3. The van der Waals surface area contributed by atoms with E-state index in [1.165, 1.54) is 186 Å². The molecular weight excluding hydrogens is 805 g/mol. The second kappa shape index (κ2) is 54.2. The van der Waals surface area contributed by atoms with Crippen molar-refractivity contribution in [2.45, 2.75) is 309 Å². The fraction of sp³-hybridized carbons (Fsp3) is 0.847. The summed E-state index contributed by atoms with van der Waals surface area (Å²) < 4.78 is 16.8. The molecule has 0 saturated carbocycles. The maximum Gasteiger partial charge on any atom is 0.306 e. The summed E-state index contributed by atoms with van der Waals surface area (Å²) in [6.07, 6.45) is 64.2. The predicted molar refractivity (Wildman–Crippen MR) is 279 cm³/mol. The largest absolute Gasteiger partial charge is 0.462 e. The van der Waals surface area contributed by atoms with Gasteiger partial charge in [-0.2, -0.15) is 0 Å². The third kappa shape index (κ3) is 52.5. The average Bonchev–Trinajstić information content (AvgIpc) is 3.30. The van der Waals surface area contributed by atoms with Crippen LogP contribution in [0.3, 0.4) is 0 Å². The van der Waals surface area contributed by atoms with Crippen LogP contribution in [0.1, 0.15) is 303 Å². The topological polar surface area (TPSA) is 78.9 Å². The number of esters is 3. The van der Waals surface area contributed by atoms with E-state index in [1.807, 2.05) is 0 Å². The Bertz CT molecular complexity index is 1090. The number of hydrogen-bond donors (Lipinski definition) is 0. The zero-order chi connectivity index (χ0) is 47.2. The predicted octanol–water partition coefficient (Wildman–Crippen LogP) is 18.9. The highest BCUT2D eigenvalue weighted by molar-refractivity contribution is 5.71. The highest BCUT2D eigenvalue weighted by atomic mass is 16.6. The number of hydrogen-bond acceptors (Lipinski definition) is 6. The van der Waals surface area contributed by atoms with Crippen molar-refractivity contribution in [1.82, 2.24) is 0 Å². The second-order valence-corrected chi connectivity index (χ2v) is 19.2. The molecule has 0 aliphatic carbocycles. The van der Waals surface area contributed by atoms with Crippen LogP contribution in [0.4, 0.5) is 0 Å². The molecule has 1 unspecified atom stereocenters. The molecule has 0 fully saturated rings. The van der Waals surface area contributed by atoms with Gasteiger partial charge >= 0.3 is 17.9 Å². The van der Waals surface area contributed by atoms with E-state index in [0.717, 1.165) is 77.0 Å². The van der Waals surface area contributed by atoms with Gasteiger partial charge in [0.2, 0.25) is 0 Å². The molecule has 0 amide bonds. The van der Waals surface area contributed by atoms with Crippen LogP contribution in [0.2, 0.25) is 0 Å². The van der Waals surface area contributed by atoms with Crippen molar-refractivity contribution in [1.29, 1.82) is 0 Å². The summed E-state index contributed by atoms with van der Waals surface area (Å²) in [5, 5.41) is 0. The normalized spacial score (nSPS) is 12.2. The summed E-state index contributed by atoms with van der Waals surface area (Å²) in [4.78, 5) is 38.0. The van der Waals surface area contributed by atoms with Crippen LogP contribution in [-0.4, -0.2) is 37.2 Å². The van der Waals surface area contributed by atoms with Crippen molar-refractivity contribution in [3.63, 3.8) is 0 Å². The Labute approximate surface area is 404 Å². The number of carbonyl (C=O) groups is 3. The van der Waals surface area contributed by atoms with Gasteiger partial charge in [0.05, 0.1) is 0 Å². The van der Waals surface area contributed by atoms with Crippen LogP contribution < -0.4 is 0 Å². The van der Waals surface area contributed by atoms with Gasteiger partial charge in [-0.05, 0) is 57.8 Å². The summed E-state index contributed by atoms with van der Waals surface area (Å²) in [5.41, 5.74) is 0. The molecule has 0 saturated heterocycles. The summed E-state index contributed by atoms with van der Waals surface area (Å²) in [7, 11) is 0. The number of allylic oxidation sites excluding steroid dienone is 6. The summed E-state index contributed by atoms with van der Waals surface area (Å²) in [5.74, 6) is -0.863. The lowest BCUT2D eigenvalue weighted by atomic mass is 10.0. The lowest BCUT2D eigenvalue weighted by Crippen LogP contribution is -2.30. The van der Waals surface area contributed by atoms with Gasteiger partial charge in [-0.3, -0.25) is 14.4 Å². The summed E-state index contributed by atoms with van der Waals surface area (Å²) in [6.45, 7) is 6.64. The Balaban J connectivity index is 4.25. The van der Waals surface area contributed by atoms with Crippen LogP contribution in [0.15, 0.2) is 36.5 Å². The Hall–Kier alpha value is -2.37. The van der Waals surface area contributed by atoms with E-state index in [-0.39, 0.29) is 31.1 Å². The van der Waals surface area contributed by atoms with E-state index in [4.69, 9.17) is 14.2 Å². The average molecular weight is 914 g/mol. The molecule has 0 radical (unpaired) electrons. The van der Waals surface area contributed by atoms with Crippen LogP contribution in [0.5, 0.6) is 0 Å². The maximum atomic E-state index is 12.8. The third-order valence-corrected chi connectivity index (χ3v) is 12.6.